The van der Waals surface area contributed by atoms with Crippen LogP contribution in [0.25, 0.3) is 5.95 Å². The summed E-state index contributed by atoms with van der Waals surface area (Å²) in [4.78, 5) is 7.72. The predicted octanol–water partition coefficient (Wildman–Crippen LogP) is 1.91. The van der Waals surface area contributed by atoms with Gasteiger partial charge in [-0.1, -0.05) is 0 Å². The summed E-state index contributed by atoms with van der Waals surface area (Å²) in [5, 5.41) is 3.91. The zero-order valence-electron chi connectivity index (χ0n) is 7.93. The van der Waals surface area contributed by atoms with Gasteiger partial charge < -0.3 is 0 Å². The highest BCUT2D eigenvalue weighted by molar-refractivity contribution is 5.19. The van der Waals surface area contributed by atoms with Crippen LogP contribution in [0.3, 0.4) is 0 Å². The average Bonchev–Trinajstić information content (AvgIpc) is 2.62. The molecule has 0 aliphatic heterocycles. The molecule has 2 heterocycles. The van der Waals surface area contributed by atoms with E-state index in [4.69, 9.17) is 0 Å². The van der Waals surface area contributed by atoms with Crippen LogP contribution in [0.4, 0.5) is 8.78 Å². The van der Waals surface area contributed by atoms with Gasteiger partial charge in [-0.2, -0.15) is 9.78 Å². The maximum atomic E-state index is 12.6. The Morgan fingerprint density at radius 3 is 2.53 bits per heavy atom. The summed E-state index contributed by atoms with van der Waals surface area (Å²) in [6, 6.07) is 2.93. The van der Waals surface area contributed by atoms with Gasteiger partial charge in [0, 0.05) is 12.4 Å². The third-order valence-corrected chi connectivity index (χ3v) is 1.82. The molecular formula is C9H8F2N4. The highest BCUT2D eigenvalue weighted by atomic mass is 19.3. The summed E-state index contributed by atoms with van der Waals surface area (Å²) in [7, 11) is 0. The first-order chi connectivity index (χ1) is 7.18. The Hall–Kier alpha value is -1.85. The van der Waals surface area contributed by atoms with E-state index in [0.29, 0.717) is 5.69 Å². The van der Waals surface area contributed by atoms with E-state index in [-0.39, 0.29) is 11.6 Å². The van der Waals surface area contributed by atoms with Gasteiger partial charge in [0.15, 0.2) is 0 Å². The van der Waals surface area contributed by atoms with Crippen LogP contribution in [0.1, 0.15) is 17.8 Å². The van der Waals surface area contributed by atoms with Crippen molar-refractivity contribution in [2.24, 2.45) is 0 Å². The smallest absolute Gasteiger partial charge is 0.220 e. The summed E-state index contributed by atoms with van der Waals surface area (Å²) in [5.74, 6) is 0.154. The molecule has 6 heteroatoms. The minimum absolute atomic E-state index is 0.154. The number of hydrogen-bond acceptors (Lipinski definition) is 3. The van der Waals surface area contributed by atoms with Crippen LogP contribution in [0.5, 0.6) is 0 Å². The van der Waals surface area contributed by atoms with Crippen LogP contribution >= 0.6 is 0 Å². The molecule has 0 fully saturated rings. The van der Waals surface area contributed by atoms with Gasteiger partial charge in [-0.25, -0.2) is 18.7 Å². The second-order valence-corrected chi connectivity index (χ2v) is 2.97. The van der Waals surface area contributed by atoms with E-state index in [0.717, 1.165) is 4.68 Å². The average molecular weight is 210 g/mol. The number of hydrogen-bond donors (Lipinski definition) is 0. The molecule has 2 aromatic rings. The molecule has 0 atom stereocenters. The maximum Gasteiger partial charge on any atom is 0.280 e. The number of aromatic nitrogens is 4. The van der Waals surface area contributed by atoms with Crippen LogP contribution in [0, 0.1) is 6.92 Å². The molecule has 0 bridgehead atoms. The number of halogens is 2. The molecular weight excluding hydrogens is 202 g/mol. The summed E-state index contributed by atoms with van der Waals surface area (Å²) in [6.07, 6.45) is 0.374. The molecule has 0 saturated heterocycles. The van der Waals surface area contributed by atoms with Crippen molar-refractivity contribution >= 4 is 0 Å². The summed E-state index contributed by atoms with van der Waals surface area (Å²) in [5.41, 5.74) is 0.316. The fraction of sp³-hybridized carbons (Fsp3) is 0.222. The molecule has 0 spiro atoms. The lowest BCUT2D eigenvalue weighted by molar-refractivity contribution is 0.142. The number of nitrogens with zero attached hydrogens (tertiary/aromatic N) is 4. The Balaban J connectivity index is 2.53. The van der Waals surface area contributed by atoms with Crippen molar-refractivity contribution in [1.29, 1.82) is 0 Å². The minimum Gasteiger partial charge on any atom is -0.220 e. The highest BCUT2D eigenvalue weighted by Crippen LogP contribution is 2.21. The van der Waals surface area contributed by atoms with Crippen LogP contribution in [0.15, 0.2) is 24.5 Å². The molecule has 15 heavy (non-hydrogen) atoms. The number of alkyl halides is 2. The SMILES string of the molecule is Cc1cc(C(F)F)n(-c2ncccn2)n1. The molecule has 0 amide bonds. The minimum atomic E-state index is -2.59. The molecule has 78 valence electrons. The van der Waals surface area contributed by atoms with Gasteiger partial charge in [0.1, 0.15) is 5.69 Å². The van der Waals surface area contributed by atoms with Gasteiger partial charge in [-0.15, -0.1) is 0 Å². The largest absolute Gasteiger partial charge is 0.280 e. The van der Waals surface area contributed by atoms with Crippen molar-refractivity contribution in [3.05, 3.63) is 35.9 Å². The third-order valence-electron chi connectivity index (χ3n) is 1.82. The monoisotopic (exact) mass is 210 g/mol. The van der Waals surface area contributed by atoms with Crippen LogP contribution < -0.4 is 0 Å². The molecule has 0 unspecified atom stereocenters. The topological polar surface area (TPSA) is 43.6 Å². The Labute approximate surface area is 84.6 Å². The van der Waals surface area contributed by atoms with Crippen molar-refractivity contribution in [2.45, 2.75) is 13.3 Å². The maximum absolute atomic E-state index is 12.6. The van der Waals surface area contributed by atoms with E-state index in [1.807, 2.05) is 0 Å². The van der Waals surface area contributed by atoms with E-state index in [9.17, 15) is 8.78 Å². The molecule has 0 aliphatic rings. The zero-order valence-corrected chi connectivity index (χ0v) is 7.93. The summed E-state index contributed by atoms with van der Waals surface area (Å²) >= 11 is 0. The van der Waals surface area contributed by atoms with Crippen molar-refractivity contribution in [2.75, 3.05) is 0 Å². The second kappa shape index (κ2) is 3.72. The fourth-order valence-corrected chi connectivity index (χ4v) is 1.24. The molecule has 0 aliphatic carbocycles. The van der Waals surface area contributed by atoms with Gasteiger partial charge in [0.2, 0.25) is 0 Å². The van der Waals surface area contributed by atoms with Crippen LogP contribution in [0.2, 0.25) is 0 Å². The molecule has 0 radical (unpaired) electrons. The van der Waals surface area contributed by atoms with Gasteiger partial charge >= 0.3 is 0 Å². The normalized spacial score (nSPS) is 10.9. The van der Waals surface area contributed by atoms with Crippen LogP contribution in [-0.2, 0) is 0 Å². The Kier molecular flexibility index (Phi) is 2.40. The number of rotatable bonds is 2. The third kappa shape index (κ3) is 1.83. The van der Waals surface area contributed by atoms with E-state index in [1.54, 1.807) is 13.0 Å². The summed E-state index contributed by atoms with van der Waals surface area (Å²) in [6.45, 7) is 1.64. The standard InChI is InChI=1S/C9H8F2N4/c1-6-5-7(8(10)11)15(14-6)9-12-3-2-4-13-9/h2-5,8H,1H3. The molecule has 0 saturated carbocycles. The molecule has 2 rings (SSSR count). The van der Waals surface area contributed by atoms with Gasteiger partial charge in [0.05, 0.1) is 5.69 Å². The van der Waals surface area contributed by atoms with Gasteiger partial charge in [-0.05, 0) is 19.1 Å². The van der Waals surface area contributed by atoms with E-state index >= 15 is 0 Å². The van der Waals surface area contributed by atoms with Gasteiger partial charge in [-0.3, -0.25) is 0 Å². The highest BCUT2D eigenvalue weighted by Gasteiger charge is 2.17. The van der Waals surface area contributed by atoms with E-state index in [1.165, 1.54) is 18.5 Å². The van der Waals surface area contributed by atoms with Crippen molar-refractivity contribution in [1.82, 2.24) is 19.7 Å². The first kappa shape index (κ1) is 9.70. The Morgan fingerprint density at radius 2 is 1.93 bits per heavy atom. The lowest BCUT2D eigenvalue weighted by Gasteiger charge is -2.03. The first-order valence-electron chi connectivity index (χ1n) is 4.30. The van der Waals surface area contributed by atoms with Gasteiger partial charge in [0.25, 0.3) is 12.4 Å². The van der Waals surface area contributed by atoms with Crippen molar-refractivity contribution < 1.29 is 8.78 Å². The molecule has 2 aromatic heterocycles. The zero-order chi connectivity index (χ0) is 10.8. The first-order valence-corrected chi connectivity index (χ1v) is 4.30. The fourth-order valence-electron chi connectivity index (χ4n) is 1.24. The lowest BCUT2D eigenvalue weighted by atomic mass is 10.4. The Morgan fingerprint density at radius 1 is 1.27 bits per heavy atom. The quantitative estimate of drug-likeness (QED) is 0.760. The molecule has 0 aromatic carbocycles. The predicted molar refractivity (Wildman–Crippen MR) is 48.8 cm³/mol. The van der Waals surface area contributed by atoms with E-state index < -0.39 is 6.43 Å². The number of aryl methyl sites for hydroxylation is 1. The molecule has 0 N–H and O–H groups in total. The molecule has 4 nitrogen and oxygen atoms in total. The van der Waals surface area contributed by atoms with Crippen molar-refractivity contribution in [3.8, 4) is 5.95 Å². The Bertz CT molecular complexity index is 452. The van der Waals surface area contributed by atoms with Crippen molar-refractivity contribution in [3.63, 3.8) is 0 Å². The summed E-state index contributed by atoms with van der Waals surface area (Å²) < 4.78 is 26.3. The van der Waals surface area contributed by atoms with Crippen LogP contribution in [-0.4, -0.2) is 19.7 Å². The van der Waals surface area contributed by atoms with E-state index in [2.05, 4.69) is 15.1 Å². The second-order valence-electron chi connectivity index (χ2n) is 2.97. The lowest BCUT2D eigenvalue weighted by Crippen LogP contribution is -2.06.